The average molecular weight is 795 g/mol. The van der Waals surface area contributed by atoms with Crippen molar-refractivity contribution in [3.05, 3.63) is 138 Å². The maximum atomic E-state index is 12.2. The van der Waals surface area contributed by atoms with E-state index in [2.05, 4.69) is 21.2 Å². The molecule has 17 heteroatoms. The normalized spacial score (nSPS) is 12.7. The summed E-state index contributed by atoms with van der Waals surface area (Å²) in [5.74, 6) is 2.25. The van der Waals surface area contributed by atoms with Gasteiger partial charge in [-0.15, -0.1) is 0 Å². The van der Waals surface area contributed by atoms with Crippen LogP contribution in [-0.2, 0) is 29.2 Å². The molecular formula is C39H47BClN7NaO7. The average Bonchev–Trinajstić information content (AvgIpc) is 3.24. The number of amides is 2. The third-order valence-corrected chi connectivity index (χ3v) is 8.42. The van der Waals surface area contributed by atoms with Crippen LogP contribution in [0, 0.1) is 11.8 Å². The number of piperazine rings is 2. The first-order chi connectivity index (χ1) is 26.0. The van der Waals surface area contributed by atoms with Crippen molar-refractivity contribution in [3.8, 4) is 0 Å². The van der Waals surface area contributed by atoms with Crippen LogP contribution in [0.25, 0.3) is 0 Å². The molecule has 0 unspecified atom stereocenters. The zero-order valence-corrected chi connectivity index (χ0v) is 34.3. The molecule has 0 bridgehead atoms. The van der Waals surface area contributed by atoms with Crippen LogP contribution in [0.3, 0.4) is 0 Å². The van der Waals surface area contributed by atoms with E-state index >= 15 is 0 Å². The number of hydroxylamine groups is 1. The molecule has 2 aliphatic rings. The molecule has 2 heterocycles. The predicted octanol–water partition coefficient (Wildman–Crippen LogP) is -2.08. The molecule has 0 saturated carbocycles. The van der Waals surface area contributed by atoms with Gasteiger partial charge < -0.3 is 58.5 Å². The maximum Gasteiger partial charge on any atom is 1.00 e. The third-order valence-electron chi connectivity index (χ3n) is 8.42. The van der Waals surface area contributed by atoms with Gasteiger partial charge in [-0.05, 0) is 41.0 Å². The van der Waals surface area contributed by atoms with Gasteiger partial charge in [0.15, 0.2) is 0 Å². The van der Waals surface area contributed by atoms with Crippen LogP contribution in [-0.4, -0.2) is 99.5 Å². The summed E-state index contributed by atoms with van der Waals surface area (Å²) in [5, 5.41) is 21.8. The van der Waals surface area contributed by atoms with Crippen LogP contribution in [0.5, 0.6) is 0 Å². The molecule has 2 amide bonds. The zero-order valence-electron chi connectivity index (χ0n) is 31.6. The molecule has 0 aromatic heterocycles. The van der Waals surface area contributed by atoms with Crippen molar-refractivity contribution < 1.29 is 82.1 Å². The molecule has 0 spiro atoms. The number of hydrogen-bond donors (Lipinski definition) is 4. The van der Waals surface area contributed by atoms with Gasteiger partial charge in [0, 0.05) is 84.3 Å². The molecular weight excluding hydrogens is 748 g/mol. The molecule has 3 radical (unpaired) electrons. The van der Waals surface area contributed by atoms with Gasteiger partial charge in [-0.1, -0.05) is 84.9 Å². The van der Waals surface area contributed by atoms with E-state index in [-0.39, 0.29) is 62.6 Å². The van der Waals surface area contributed by atoms with E-state index in [9.17, 15) is 14.4 Å². The van der Waals surface area contributed by atoms with Crippen molar-refractivity contribution in [2.45, 2.75) is 19.8 Å². The molecule has 0 atom stereocenters. The van der Waals surface area contributed by atoms with Crippen LogP contribution >= 0.6 is 0 Å². The molecule has 2 saturated heterocycles. The molecule has 0 aliphatic carbocycles. The topological polar surface area (TPSA) is 187 Å². The number of rotatable bonds is 9. The van der Waals surface area contributed by atoms with Gasteiger partial charge in [-0.3, -0.25) is 4.79 Å². The summed E-state index contributed by atoms with van der Waals surface area (Å²) in [6, 6.07) is 34.9. The van der Waals surface area contributed by atoms with Crippen molar-refractivity contribution >= 4 is 38.3 Å². The maximum absolute atomic E-state index is 12.2. The summed E-state index contributed by atoms with van der Waals surface area (Å²) < 4.78 is 10.8. The van der Waals surface area contributed by atoms with Gasteiger partial charge in [-0.25, -0.2) is 26.2 Å². The van der Waals surface area contributed by atoms with E-state index in [1.807, 2.05) is 103 Å². The minimum Gasteiger partial charge on any atom is -1.00 e. The molecule has 14 nitrogen and oxygen atoms in total. The number of carbonyl (C=O) groups excluding carboxylic acids is 3. The number of hydrogen-bond acceptors (Lipinski definition) is 11. The van der Waals surface area contributed by atoms with Crippen molar-refractivity contribution in [3.63, 3.8) is 0 Å². The Morgan fingerprint density at radius 3 is 1.46 bits per heavy atom. The van der Waals surface area contributed by atoms with E-state index < -0.39 is 0 Å². The standard InChI is InChI=1S/C19H23N3O3.C19H20N2O3.CN.B.ClH.H4NO.Na/c23-19(25-15-16-5-2-1-3-6-16)22-11-9-21(10-12-22)18-8-4-7-17(13-18)14-20-24;22-14-17-7-4-8-18(13-17)20-9-11-21(12-10-20)19(23)24-15-16-5-2-1-3-6-16;1-2;;;1-2;/h1-8,13,20,24H,9-12,14-15H2;1-8,13-14H,9-12,15H2;;;1H;2H,1H3;/q;;-1;;;2*+1/p-1. The van der Waals surface area contributed by atoms with Crippen molar-refractivity contribution in [2.75, 3.05) is 62.2 Å². The van der Waals surface area contributed by atoms with Crippen molar-refractivity contribution in [2.24, 2.45) is 0 Å². The predicted molar refractivity (Wildman–Crippen MR) is 203 cm³/mol. The van der Waals surface area contributed by atoms with Gasteiger partial charge >= 0.3 is 41.7 Å². The van der Waals surface area contributed by atoms with E-state index in [0.29, 0.717) is 51.5 Å². The van der Waals surface area contributed by atoms with Gasteiger partial charge in [0.25, 0.3) is 0 Å². The van der Waals surface area contributed by atoms with Crippen molar-refractivity contribution in [1.29, 1.82) is 5.26 Å². The monoisotopic (exact) mass is 794 g/mol. The van der Waals surface area contributed by atoms with Gasteiger partial charge in [0.2, 0.25) is 0 Å². The van der Waals surface area contributed by atoms with Gasteiger partial charge in [-0.2, -0.15) is 0 Å². The first-order valence-electron chi connectivity index (χ1n) is 17.0. The number of nitrogens with zero attached hydrogens (tertiary/aromatic N) is 5. The van der Waals surface area contributed by atoms with E-state index in [0.717, 1.165) is 60.5 Å². The van der Waals surface area contributed by atoms with Crippen LogP contribution in [0.15, 0.2) is 109 Å². The summed E-state index contributed by atoms with van der Waals surface area (Å²) >= 11 is 0. The van der Waals surface area contributed by atoms with Crippen molar-refractivity contribution in [1.82, 2.24) is 15.3 Å². The Balaban J connectivity index is 0.000000946. The Bertz CT molecular complexity index is 1700. The molecule has 2 fully saturated rings. The Morgan fingerprint density at radius 1 is 0.661 bits per heavy atom. The molecule has 6 N–H and O–H groups in total. The van der Waals surface area contributed by atoms with Gasteiger partial charge in [0.1, 0.15) is 19.5 Å². The second kappa shape index (κ2) is 29.6. The summed E-state index contributed by atoms with van der Waals surface area (Å²) in [6.07, 6.45) is 0.308. The quantitative estimate of drug-likeness (QED) is 0.0632. The number of quaternary nitrogens is 1. The summed E-state index contributed by atoms with van der Waals surface area (Å²) in [5.41, 5.74) is 7.94. The fourth-order valence-corrected chi connectivity index (χ4v) is 5.66. The SMILES string of the molecule is O=C(OCc1ccccc1)N1CCN(c2cccc(CNO)c2)CC1.O=Cc1cccc(N2CCN(C(=O)OCc3ccccc3)CC2)c1.[B].[C-]#N.[Cl-].[NH3+]O.[Na+]. The van der Waals surface area contributed by atoms with E-state index in [4.69, 9.17) is 31.7 Å². The van der Waals surface area contributed by atoms with Crippen LogP contribution in [0.4, 0.5) is 21.0 Å². The molecule has 4 aromatic rings. The number of nitrogens with one attached hydrogen (secondary N) is 1. The molecule has 6 rings (SSSR count). The third kappa shape index (κ3) is 17.0. The number of aldehydes is 1. The summed E-state index contributed by atoms with van der Waals surface area (Å²) in [7, 11) is 0. The first kappa shape index (κ1) is 51.4. The number of halogens is 1. The first-order valence-corrected chi connectivity index (χ1v) is 17.0. The number of ether oxygens (including phenoxy) is 2. The number of anilines is 2. The molecule has 291 valence electrons. The Kier molecular flexibility index (Phi) is 27.2. The minimum atomic E-state index is -0.278. The zero-order chi connectivity index (χ0) is 38.3. The Labute approximate surface area is 359 Å². The minimum absolute atomic E-state index is 0. The summed E-state index contributed by atoms with van der Waals surface area (Å²) in [4.78, 5) is 43.1. The fourth-order valence-electron chi connectivity index (χ4n) is 5.66. The largest absolute Gasteiger partial charge is 1.00 e. The molecule has 4 aromatic carbocycles. The van der Waals surface area contributed by atoms with E-state index in [1.54, 1.807) is 15.9 Å². The number of carbonyl (C=O) groups is 3. The molecule has 56 heavy (non-hydrogen) atoms. The van der Waals surface area contributed by atoms with Gasteiger partial charge in [0.05, 0.1) is 0 Å². The molecule has 2 aliphatic heterocycles. The smallest absolute Gasteiger partial charge is 1.00 e. The Hall–Kier alpha value is -4.63. The number of benzene rings is 4. The van der Waals surface area contributed by atoms with E-state index in [1.165, 1.54) is 0 Å². The summed E-state index contributed by atoms with van der Waals surface area (Å²) in [6.45, 7) is 11.2. The Morgan fingerprint density at radius 2 is 1.05 bits per heavy atom. The fraction of sp³-hybridized carbons (Fsp3) is 0.282. The second-order valence-corrected chi connectivity index (χ2v) is 11.7. The van der Waals surface area contributed by atoms with Crippen LogP contribution in [0.1, 0.15) is 27.0 Å². The van der Waals surface area contributed by atoms with Crippen LogP contribution in [0.2, 0.25) is 0 Å². The second-order valence-electron chi connectivity index (χ2n) is 11.7. The van der Waals surface area contributed by atoms with Crippen LogP contribution < -0.4 is 63.1 Å².